The topological polar surface area (TPSA) is 75.3 Å². The van der Waals surface area contributed by atoms with Gasteiger partial charge in [-0.3, -0.25) is 4.79 Å². The van der Waals surface area contributed by atoms with Crippen molar-refractivity contribution in [3.63, 3.8) is 0 Å². The third kappa shape index (κ3) is 6.09. The van der Waals surface area contributed by atoms with Crippen molar-refractivity contribution >= 4 is 39.1 Å². The molecule has 0 heterocycles. The fourth-order valence-corrected chi connectivity index (χ4v) is 2.36. The van der Waals surface area contributed by atoms with Gasteiger partial charge in [-0.15, -0.1) is 0 Å². The van der Waals surface area contributed by atoms with E-state index in [1.165, 1.54) is 7.05 Å². The molecule has 8 heteroatoms. The van der Waals surface area contributed by atoms with Crippen LogP contribution in [-0.4, -0.2) is 33.7 Å². The second-order valence-electron chi connectivity index (χ2n) is 4.12. The Morgan fingerprint density at radius 2 is 1.95 bits per heavy atom. The Labute approximate surface area is 128 Å². The van der Waals surface area contributed by atoms with E-state index in [0.717, 1.165) is 5.56 Å². The van der Waals surface area contributed by atoms with Crippen molar-refractivity contribution in [2.75, 3.05) is 19.3 Å². The molecule has 112 valence electrons. The van der Waals surface area contributed by atoms with Crippen LogP contribution in [0.2, 0.25) is 10.0 Å². The van der Waals surface area contributed by atoms with Crippen LogP contribution in [0.4, 0.5) is 0 Å². The molecule has 20 heavy (non-hydrogen) atoms. The van der Waals surface area contributed by atoms with Gasteiger partial charge in [-0.05, 0) is 31.2 Å². The number of rotatable bonds is 7. The molecule has 1 aromatic rings. The van der Waals surface area contributed by atoms with Crippen LogP contribution in [0.3, 0.4) is 0 Å². The van der Waals surface area contributed by atoms with Gasteiger partial charge < -0.3 is 5.32 Å². The van der Waals surface area contributed by atoms with Crippen molar-refractivity contribution in [1.29, 1.82) is 0 Å². The predicted molar refractivity (Wildman–Crippen MR) is 80.6 cm³/mol. The van der Waals surface area contributed by atoms with Gasteiger partial charge in [0.05, 0.1) is 15.8 Å². The van der Waals surface area contributed by atoms with Crippen molar-refractivity contribution in [2.45, 2.75) is 12.8 Å². The van der Waals surface area contributed by atoms with Crippen molar-refractivity contribution in [3.8, 4) is 0 Å². The maximum absolute atomic E-state index is 11.6. The standard InChI is InChI=1S/C12H16Cl2N2O3S/c1-15-20(18,19)7-6-16-12(17)5-3-9-2-4-10(13)11(14)8-9/h2,4,8,15H,3,5-7H2,1H3,(H,16,17). The van der Waals surface area contributed by atoms with Crippen LogP contribution in [0.5, 0.6) is 0 Å². The largest absolute Gasteiger partial charge is 0.355 e. The number of carbonyl (C=O) groups is 1. The van der Waals surface area contributed by atoms with Gasteiger partial charge in [-0.25, -0.2) is 13.1 Å². The second-order valence-corrected chi connectivity index (χ2v) is 6.98. The number of sulfonamides is 1. The summed E-state index contributed by atoms with van der Waals surface area (Å²) in [7, 11) is -1.95. The first-order chi connectivity index (χ1) is 9.34. The highest BCUT2D eigenvalue weighted by molar-refractivity contribution is 7.89. The number of hydrogen-bond acceptors (Lipinski definition) is 3. The Hall–Kier alpha value is -0.820. The summed E-state index contributed by atoms with van der Waals surface area (Å²) in [6.07, 6.45) is 0.777. The van der Waals surface area contributed by atoms with Crippen molar-refractivity contribution in [2.24, 2.45) is 0 Å². The molecular formula is C12H16Cl2N2O3S. The first-order valence-corrected chi connectivity index (χ1v) is 8.37. The number of benzene rings is 1. The minimum absolute atomic E-state index is 0.0867. The molecule has 1 amide bonds. The Bertz CT molecular complexity index is 576. The average Bonchev–Trinajstić information content (AvgIpc) is 2.40. The SMILES string of the molecule is CNS(=O)(=O)CCNC(=O)CCc1ccc(Cl)c(Cl)c1. The number of halogens is 2. The summed E-state index contributed by atoms with van der Waals surface area (Å²) in [4.78, 5) is 11.6. The summed E-state index contributed by atoms with van der Waals surface area (Å²) in [5, 5.41) is 3.47. The van der Waals surface area contributed by atoms with Crippen molar-refractivity contribution < 1.29 is 13.2 Å². The summed E-state index contributed by atoms with van der Waals surface area (Å²) in [6, 6.07) is 5.19. The number of hydrogen-bond donors (Lipinski definition) is 2. The lowest BCUT2D eigenvalue weighted by Gasteiger charge is -2.06. The lowest BCUT2D eigenvalue weighted by molar-refractivity contribution is -0.120. The normalized spacial score (nSPS) is 11.3. The average molecular weight is 339 g/mol. The molecule has 0 aliphatic carbocycles. The lowest BCUT2D eigenvalue weighted by Crippen LogP contribution is -2.33. The van der Waals surface area contributed by atoms with E-state index < -0.39 is 10.0 Å². The Balaban J connectivity index is 2.35. The summed E-state index contributed by atoms with van der Waals surface area (Å²) in [6.45, 7) is 0.0867. The number of carbonyl (C=O) groups excluding carboxylic acids is 1. The van der Waals surface area contributed by atoms with Gasteiger partial charge in [0.15, 0.2) is 0 Å². The first-order valence-electron chi connectivity index (χ1n) is 5.96. The van der Waals surface area contributed by atoms with Crippen LogP contribution in [-0.2, 0) is 21.2 Å². The van der Waals surface area contributed by atoms with E-state index in [0.29, 0.717) is 16.5 Å². The highest BCUT2D eigenvalue weighted by atomic mass is 35.5. The van der Waals surface area contributed by atoms with E-state index in [4.69, 9.17) is 23.2 Å². The number of amides is 1. The molecule has 5 nitrogen and oxygen atoms in total. The van der Waals surface area contributed by atoms with Gasteiger partial charge in [0.2, 0.25) is 15.9 Å². The molecule has 0 aliphatic heterocycles. The number of nitrogens with one attached hydrogen (secondary N) is 2. The highest BCUT2D eigenvalue weighted by Crippen LogP contribution is 2.23. The molecule has 0 aromatic heterocycles. The molecule has 0 fully saturated rings. The molecule has 0 saturated carbocycles. The summed E-state index contributed by atoms with van der Waals surface area (Å²) < 4.78 is 24.5. The zero-order valence-electron chi connectivity index (χ0n) is 10.9. The third-order valence-electron chi connectivity index (χ3n) is 2.63. The van der Waals surface area contributed by atoms with Crippen LogP contribution in [0.1, 0.15) is 12.0 Å². The smallest absolute Gasteiger partial charge is 0.220 e. The van der Waals surface area contributed by atoms with E-state index in [1.807, 2.05) is 0 Å². The van der Waals surface area contributed by atoms with Crippen molar-refractivity contribution in [3.05, 3.63) is 33.8 Å². The second kappa shape index (κ2) is 7.83. The zero-order chi connectivity index (χ0) is 15.2. The van der Waals surface area contributed by atoms with Gasteiger partial charge in [0, 0.05) is 13.0 Å². The molecule has 0 bridgehead atoms. The van der Waals surface area contributed by atoms with Crippen LogP contribution in [0.15, 0.2) is 18.2 Å². The Morgan fingerprint density at radius 3 is 2.55 bits per heavy atom. The van der Waals surface area contributed by atoms with Crippen LogP contribution >= 0.6 is 23.2 Å². The lowest BCUT2D eigenvalue weighted by atomic mass is 10.1. The fraction of sp³-hybridized carbons (Fsp3) is 0.417. The molecule has 1 aromatic carbocycles. The maximum atomic E-state index is 11.6. The quantitative estimate of drug-likeness (QED) is 0.792. The van der Waals surface area contributed by atoms with Crippen LogP contribution in [0, 0.1) is 0 Å². The van der Waals surface area contributed by atoms with Crippen molar-refractivity contribution in [1.82, 2.24) is 10.0 Å². The first kappa shape index (κ1) is 17.2. The molecule has 0 spiro atoms. The molecule has 2 N–H and O–H groups in total. The fourth-order valence-electron chi connectivity index (χ4n) is 1.47. The summed E-state index contributed by atoms with van der Waals surface area (Å²) >= 11 is 11.7. The van der Waals surface area contributed by atoms with Crippen LogP contribution in [0.25, 0.3) is 0 Å². The van der Waals surface area contributed by atoms with E-state index in [2.05, 4.69) is 10.0 Å². The molecule has 0 atom stereocenters. The van der Waals surface area contributed by atoms with Gasteiger partial charge >= 0.3 is 0 Å². The Kier molecular flexibility index (Phi) is 6.75. The summed E-state index contributed by atoms with van der Waals surface area (Å²) in [5.41, 5.74) is 0.900. The molecule has 0 saturated heterocycles. The number of aryl methyl sites for hydroxylation is 1. The van der Waals surface area contributed by atoms with E-state index in [-0.39, 0.29) is 24.6 Å². The van der Waals surface area contributed by atoms with Gasteiger partial charge in [-0.2, -0.15) is 0 Å². The molecule has 0 unspecified atom stereocenters. The Morgan fingerprint density at radius 1 is 1.25 bits per heavy atom. The zero-order valence-corrected chi connectivity index (χ0v) is 13.3. The van der Waals surface area contributed by atoms with Crippen LogP contribution < -0.4 is 10.0 Å². The predicted octanol–water partition coefficient (Wildman–Crippen LogP) is 1.59. The maximum Gasteiger partial charge on any atom is 0.220 e. The molecule has 0 radical (unpaired) electrons. The molecule has 0 aliphatic rings. The monoisotopic (exact) mass is 338 g/mol. The van der Waals surface area contributed by atoms with E-state index >= 15 is 0 Å². The minimum Gasteiger partial charge on any atom is -0.355 e. The van der Waals surface area contributed by atoms with E-state index in [1.54, 1.807) is 18.2 Å². The van der Waals surface area contributed by atoms with Gasteiger partial charge in [0.25, 0.3) is 0 Å². The molecular weight excluding hydrogens is 323 g/mol. The van der Waals surface area contributed by atoms with Gasteiger partial charge in [-0.1, -0.05) is 29.3 Å². The highest BCUT2D eigenvalue weighted by Gasteiger charge is 2.08. The summed E-state index contributed by atoms with van der Waals surface area (Å²) in [5.74, 6) is -0.343. The van der Waals surface area contributed by atoms with Gasteiger partial charge in [0.1, 0.15) is 0 Å². The minimum atomic E-state index is -3.29. The van der Waals surface area contributed by atoms with E-state index in [9.17, 15) is 13.2 Å². The molecule has 1 rings (SSSR count). The third-order valence-corrected chi connectivity index (χ3v) is 4.73.